The van der Waals surface area contributed by atoms with Crippen LogP contribution in [0.5, 0.6) is 0 Å². The van der Waals surface area contributed by atoms with E-state index < -0.39 is 10.0 Å². The molecule has 2 heterocycles. The average Bonchev–Trinajstić information content (AvgIpc) is 2.90. The minimum Gasteiger partial charge on any atom is -0.363 e. The maximum Gasteiger partial charge on any atom is 0.242 e. The summed E-state index contributed by atoms with van der Waals surface area (Å²) in [5.41, 5.74) is 1.69. The molecule has 2 rings (SSSR count). The number of rotatable bonds is 7. The summed E-state index contributed by atoms with van der Waals surface area (Å²) in [4.78, 5) is 7.33. The third kappa shape index (κ3) is 3.89. The van der Waals surface area contributed by atoms with Gasteiger partial charge in [0, 0.05) is 43.3 Å². The minimum atomic E-state index is -3.46. The molecule has 108 valence electrons. The first-order chi connectivity index (χ1) is 9.62. The summed E-state index contributed by atoms with van der Waals surface area (Å²) in [5, 5.41) is 2.96. The molecular weight excluding hydrogens is 276 g/mol. The molecule has 3 N–H and O–H groups in total. The van der Waals surface area contributed by atoms with Crippen molar-refractivity contribution in [3.8, 4) is 0 Å². The van der Waals surface area contributed by atoms with E-state index in [1.807, 2.05) is 18.2 Å². The molecule has 0 unspecified atom stereocenters. The van der Waals surface area contributed by atoms with Crippen LogP contribution < -0.4 is 10.0 Å². The van der Waals surface area contributed by atoms with Crippen molar-refractivity contribution in [3.05, 3.63) is 48.0 Å². The lowest BCUT2D eigenvalue weighted by molar-refractivity contribution is 0.581. The van der Waals surface area contributed by atoms with Crippen LogP contribution in [0.25, 0.3) is 0 Å². The van der Waals surface area contributed by atoms with E-state index in [9.17, 15) is 8.42 Å². The summed E-state index contributed by atoms with van der Waals surface area (Å²) in [5.74, 6) is 0. The third-order valence-electron chi connectivity index (χ3n) is 2.79. The molecule has 20 heavy (non-hydrogen) atoms. The third-order valence-corrected chi connectivity index (χ3v) is 4.23. The Morgan fingerprint density at radius 1 is 1.35 bits per heavy atom. The van der Waals surface area contributed by atoms with Crippen LogP contribution in [-0.2, 0) is 23.0 Å². The van der Waals surface area contributed by atoms with Crippen molar-refractivity contribution in [2.75, 3.05) is 13.6 Å². The molecule has 2 aromatic heterocycles. The lowest BCUT2D eigenvalue weighted by Gasteiger charge is -2.04. The fourth-order valence-corrected chi connectivity index (χ4v) is 2.86. The number of aromatic nitrogens is 2. The fraction of sp³-hybridized carbons (Fsp3) is 0.308. The highest BCUT2D eigenvalue weighted by molar-refractivity contribution is 7.89. The average molecular weight is 294 g/mol. The molecule has 0 saturated heterocycles. The highest BCUT2D eigenvalue weighted by Gasteiger charge is 2.15. The Labute approximate surface area is 118 Å². The van der Waals surface area contributed by atoms with Gasteiger partial charge in [-0.25, -0.2) is 13.1 Å². The first-order valence-corrected chi connectivity index (χ1v) is 7.81. The van der Waals surface area contributed by atoms with Gasteiger partial charge in [0.05, 0.1) is 4.90 Å². The Balaban J connectivity index is 1.93. The van der Waals surface area contributed by atoms with Crippen LogP contribution in [0.2, 0.25) is 0 Å². The maximum atomic E-state index is 12.1. The molecule has 0 fully saturated rings. The zero-order chi connectivity index (χ0) is 14.4. The van der Waals surface area contributed by atoms with E-state index >= 15 is 0 Å². The Morgan fingerprint density at radius 3 is 2.90 bits per heavy atom. The van der Waals surface area contributed by atoms with Gasteiger partial charge in [0.1, 0.15) is 0 Å². The molecule has 6 nitrogen and oxygen atoms in total. The van der Waals surface area contributed by atoms with Gasteiger partial charge in [-0.1, -0.05) is 6.07 Å². The molecule has 0 atom stereocenters. The standard InChI is InChI=1S/C13H18N4O2S/c1-14-9-12-8-13(10-16-12)20(18,19)17-7-5-11-4-2-3-6-15-11/h2-4,6,8,10,14,16-17H,5,7,9H2,1H3. The summed E-state index contributed by atoms with van der Waals surface area (Å²) in [6.45, 7) is 0.926. The van der Waals surface area contributed by atoms with E-state index in [0.29, 0.717) is 19.5 Å². The molecule has 0 radical (unpaired) electrons. The molecule has 0 amide bonds. The van der Waals surface area contributed by atoms with Crippen molar-refractivity contribution < 1.29 is 8.42 Å². The second-order valence-electron chi connectivity index (χ2n) is 4.36. The maximum absolute atomic E-state index is 12.1. The Bertz CT molecular complexity index is 637. The van der Waals surface area contributed by atoms with Crippen LogP contribution in [-0.4, -0.2) is 32.0 Å². The van der Waals surface area contributed by atoms with Crippen molar-refractivity contribution in [1.82, 2.24) is 20.0 Å². The van der Waals surface area contributed by atoms with Crippen molar-refractivity contribution in [3.63, 3.8) is 0 Å². The van der Waals surface area contributed by atoms with Gasteiger partial charge in [-0.05, 0) is 25.2 Å². The molecule has 0 aliphatic rings. The van der Waals surface area contributed by atoms with Crippen LogP contribution >= 0.6 is 0 Å². The van der Waals surface area contributed by atoms with E-state index in [1.54, 1.807) is 19.3 Å². The zero-order valence-electron chi connectivity index (χ0n) is 11.3. The first-order valence-electron chi connectivity index (χ1n) is 6.33. The number of nitrogens with zero attached hydrogens (tertiary/aromatic N) is 1. The predicted octanol–water partition coefficient (Wildman–Crippen LogP) is 0.650. The molecule has 0 saturated carbocycles. The molecule has 0 aromatic carbocycles. The predicted molar refractivity (Wildman–Crippen MR) is 76.7 cm³/mol. The minimum absolute atomic E-state index is 0.253. The molecule has 0 aliphatic heterocycles. The highest BCUT2D eigenvalue weighted by Crippen LogP contribution is 2.10. The van der Waals surface area contributed by atoms with Crippen molar-refractivity contribution in [2.24, 2.45) is 0 Å². The molecule has 7 heteroatoms. The van der Waals surface area contributed by atoms with Gasteiger partial charge in [-0.3, -0.25) is 4.98 Å². The van der Waals surface area contributed by atoms with Gasteiger partial charge in [0.25, 0.3) is 0 Å². The van der Waals surface area contributed by atoms with Gasteiger partial charge < -0.3 is 10.3 Å². The largest absolute Gasteiger partial charge is 0.363 e. The van der Waals surface area contributed by atoms with E-state index in [4.69, 9.17) is 0 Å². The van der Waals surface area contributed by atoms with Gasteiger partial charge in [0.2, 0.25) is 10.0 Å². The summed E-state index contributed by atoms with van der Waals surface area (Å²) >= 11 is 0. The summed E-state index contributed by atoms with van der Waals surface area (Å²) in [7, 11) is -1.66. The Kier molecular flexibility index (Phi) is 4.89. The van der Waals surface area contributed by atoms with Gasteiger partial charge >= 0.3 is 0 Å². The SMILES string of the molecule is CNCc1cc(S(=O)(=O)NCCc2ccccn2)c[nH]1. The second kappa shape index (κ2) is 6.65. The topological polar surface area (TPSA) is 86.9 Å². The summed E-state index contributed by atoms with van der Waals surface area (Å²) in [6, 6.07) is 7.21. The molecule has 2 aromatic rings. The normalized spacial score (nSPS) is 11.7. The number of aromatic amines is 1. The van der Waals surface area contributed by atoms with Crippen LogP contribution in [0.3, 0.4) is 0 Å². The Hall–Kier alpha value is -1.70. The lowest BCUT2D eigenvalue weighted by Crippen LogP contribution is -2.25. The summed E-state index contributed by atoms with van der Waals surface area (Å²) in [6.07, 6.45) is 3.75. The van der Waals surface area contributed by atoms with E-state index in [1.165, 1.54) is 6.20 Å². The van der Waals surface area contributed by atoms with Crippen LogP contribution in [0.4, 0.5) is 0 Å². The van der Waals surface area contributed by atoms with Crippen LogP contribution in [0.15, 0.2) is 41.6 Å². The summed E-state index contributed by atoms with van der Waals surface area (Å²) < 4.78 is 26.7. The van der Waals surface area contributed by atoms with Gasteiger partial charge in [-0.15, -0.1) is 0 Å². The molecular formula is C13H18N4O2S. The van der Waals surface area contributed by atoms with Gasteiger partial charge in [-0.2, -0.15) is 0 Å². The zero-order valence-corrected chi connectivity index (χ0v) is 12.1. The number of H-pyrrole nitrogens is 1. The van der Waals surface area contributed by atoms with Crippen LogP contribution in [0, 0.1) is 0 Å². The molecule has 0 bridgehead atoms. The van der Waals surface area contributed by atoms with E-state index in [0.717, 1.165) is 11.4 Å². The number of hydrogen-bond donors (Lipinski definition) is 3. The smallest absolute Gasteiger partial charge is 0.242 e. The first kappa shape index (κ1) is 14.7. The molecule has 0 spiro atoms. The van der Waals surface area contributed by atoms with E-state index in [-0.39, 0.29) is 4.90 Å². The number of pyridine rings is 1. The van der Waals surface area contributed by atoms with E-state index in [2.05, 4.69) is 20.0 Å². The monoisotopic (exact) mass is 294 g/mol. The van der Waals surface area contributed by atoms with Gasteiger partial charge in [0.15, 0.2) is 0 Å². The number of nitrogens with one attached hydrogen (secondary N) is 3. The number of hydrogen-bond acceptors (Lipinski definition) is 4. The van der Waals surface area contributed by atoms with Crippen molar-refractivity contribution >= 4 is 10.0 Å². The quantitative estimate of drug-likeness (QED) is 0.700. The van der Waals surface area contributed by atoms with Crippen molar-refractivity contribution in [1.29, 1.82) is 0 Å². The fourth-order valence-electron chi connectivity index (χ4n) is 1.81. The number of sulfonamides is 1. The second-order valence-corrected chi connectivity index (χ2v) is 6.13. The Morgan fingerprint density at radius 2 is 2.20 bits per heavy atom. The molecule has 0 aliphatic carbocycles. The van der Waals surface area contributed by atoms with Crippen molar-refractivity contribution in [2.45, 2.75) is 17.9 Å². The van der Waals surface area contributed by atoms with Crippen LogP contribution in [0.1, 0.15) is 11.4 Å². The highest BCUT2D eigenvalue weighted by atomic mass is 32.2. The lowest BCUT2D eigenvalue weighted by atomic mass is 10.3.